The minimum absolute atomic E-state index is 0.000750. The van der Waals surface area contributed by atoms with Gasteiger partial charge in [-0.05, 0) is 19.1 Å². The molecule has 2 heterocycles. The first-order chi connectivity index (χ1) is 8.66. The number of hydrogen-bond donors (Lipinski definition) is 1. The van der Waals surface area contributed by atoms with Crippen LogP contribution < -0.4 is 10.6 Å². The number of nitrogens with zero attached hydrogens (tertiary/aromatic N) is 3. The van der Waals surface area contributed by atoms with E-state index in [1.165, 1.54) is 0 Å². The third kappa shape index (κ3) is 3.27. The summed E-state index contributed by atoms with van der Waals surface area (Å²) in [6.07, 6.45) is 2.75. The molecule has 2 aromatic rings. The van der Waals surface area contributed by atoms with E-state index in [9.17, 15) is 0 Å². The molecule has 0 saturated heterocycles. The van der Waals surface area contributed by atoms with E-state index in [0.29, 0.717) is 0 Å². The van der Waals surface area contributed by atoms with E-state index >= 15 is 0 Å². The molecular weight excluding hydrogens is 244 g/mol. The maximum Gasteiger partial charge on any atom is 0.185 e. The Balaban J connectivity index is 1.93. The van der Waals surface area contributed by atoms with Gasteiger partial charge in [0.05, 0.1) is 5.69 Å². The van der Waals surface area contributed by atoms with Crippen LogP contribution in [0.15, 0.2) is 29.8 Å². The molecule has 5 heteroatoms. The highest BCUT2D eigenvalue weighted by Crippen LogP contribution is 2.22. The monoisotopic (exact) mass is 262 g/mol. The molecule has 2 aromatic heterocycles. The fraction of sp³-hybridized carbons (Fsp3) is 0.385. The number of nitrogens with two attached hydrogens (primary N) is 1. The van der Waals surface area contributed by atoms with Gasteiger partial charge >= 0.3 is 0 Å². The summed E-state index contributed by atoms with van der Waals surface area (Å²) >= 11 is 1.64. The van der Waals surface area contributed by atoms with Crippen molar-refractivity contribution in [3.63, 3.8) is 0 Å². The third-order valence-corrected chi connectivity index (χ3v) is 3.71. The van der Waals surface area contributed by atoms with Crippen molar-refractivity contribution in [1.82, 2.24) is 9.97 Å². The van der Waals surface area contributed by atoms with Gasteiger partial charge < -0.3 is 10.6 Å². The predicted octanol–water partition coefficient (Wildman–Crippen LogP) is 2.24. The first-order valence-corrected chi connectivity index (χ1v) is 6.87. The molecular formula is C13H18N4S. The van der Waals surface area contributed by atoms with Crippen LogP contribution in [0.3, 0.4) is 0 Å². The molecule has 0 aliphatic heterocycles. The molecule has 0 saturated carbocycles. The van der Waals surface area contributed by atoms with Gasteiger partial charge in [-0.25, -0.2) is 4.98 Å². The molecule has 18 heavy (non-hydrogen) atoms. The number of aromatic nitrogens is 2. The second-order valence-electron chi connectivity index (χ2n) is 4.34. The van der Waals surface area contributed by atoms with Gasteiger partial charge in [-0.3, -0.25) is 4.98 Å². The average molecular weight is 262 g/mol. The zero-order valence-corrected chi connectivity index (χ0v) is 11.5. The number of hydrogen-bond acceptors (Lipinski definition) is 5. The standard InChI is InChI=1S/C13H18N4S/c1-10(14)12-9-18-13(16-12)17(2)8-6-11-5-3-4-7-15-11/h3-5,7,9-10H,6,8,14H2,1-2H3. The van der Waals surface area contributed by atoms with Gasteiger partial charge in [0.2, 0.25) is 0 Å². The highest BCUT2D eigenvalue weighted by atomic mass is 32.1. The Hall–Kier alpha value is -1.46. The van der Waals surface area contributed by atoms with E-state index in [1.54, 1.807) is 11.3 Å². The lowest BCUT2D eigenvalue weighted by atomic mass is 10.2. The molecule has 0 aromatic carbocycles. The summed E-state index contributed by atoms with van der Waals surface area (Å²) in [6, 6.07) is 5.99. The van der Waals surface area contributed by atoms with E-state index in [0.717, 1.165) is 29.5 Å². The first-order valence-electron chi connectivity index (χ1n) is 5.99. The second kappa shape index (κ2) is 5.93. The molecule has 0 fully saturated rings. The third-order valence-electron chi connectivity index (χ3n) is 2.73. The highest BCUT2D eigenvalue weighted by Gasteiger charge is 2.09. The van der Waals surface area contributed by atoms with Crippen LogP contribution in [0.5, 0.6) is 0 Å². The van der Waals surface area contributed by atoms with Crippen molar-refractivity contribution < 1.29 is 0 Å². The lowest BCUT2D eigenvalue weighted by Crippen LogP contribution is -2.20. The van der Waals surface area contributed by atoms with Gasteiger partial charge in [0, 0.05) is 43.3 Å². The van der Waals surface area contributed by atoms with Gasteiger partial charge in [0.15, 0.2) is 5.13 Å². The number of thiazole rings is 1. The second-order valence-corrected chi connectivity index (χ2v) is 5.17. The van der Waals surface area contributed by atoms with Crippen LogP contribution in [0.4, 0.5) is 5.13 Å². The summed E-state index contributed by atoms with van der Waals surface area (Å²) in [5, 5.41) is 3.04. The van der Waals surface area contributed by atoms with Crippen LogP contribution in [0.25, 0.3) is 0 Å². The zero-order chi connectivity index (χ0) is 13.0. The van der Waals surface area contributed by atoms with E-state index in [1.807, 2.05) is 43.7 Å². The van der Waals surface area contributed by atoms with Crippen molar-refractivity contribution >= 4 is 16.5 Å². The summed E-state index contributed by atoms with van der Waals surface area (Å²) < 4.78 is 0. The molecule has 2 N–H and O–H groups in total. The first kappa shape index (κ1) is 13.0. The largest absolute Gasteiger partial charge is 0.351 e. The molecule has 0 spiro atoms. The molecule has 0 bridgehead atoms. The Morgan fingerprint density at radius 1 is 1.44 bits per heavy atom. The molecule has 1 atom stereocenters. The Morgan fingerprint density at radius 2 is 2.28 bits per heavy atom. The van der Waals surface area contributed by atoms with Crippen LogP contribution in [-0.4, -0.2) is 23.6 Å². The van der Waals surface area contributed by atoms with E-state index in [-0.39, 0.29) is 6.04 Å². The fourth-order valence-electron chi connectivity index (χ4n) is 1.58. The minimum Gasteiger partial charge on any atom is -0.351 e. The normalized spacial score (nSPS) is 12.4. The SMILES string of the molecule is CC(N)c1csc(N(C)CCc2ccccn2)n1. The molecule has 0 amide bonds. The number of pyridine rings is 1. The van der Waals surface area contributed by atoms with Gasteiger partial charge in [-0.1, -0.05) is 6.07 Å². The Bertz CT molecular complexity index is 481. The lowest BCUT2D eigenvalue weighted by Gasteiger charge is -2.15. The molecule has 0 radical (unpaired) electrons. The van der Waals surface area contributed by atoms with Crippen LogP contribution >= 0.6 is 11.3 Å². The van der Waals surface area contributed by atoms with Crippen LogP contribution in [0.1, 0.15) is 24.4 Å². The van der Waals surface area contributed by atoms with Crippen molar-refractivity contribution in [2.45, 2.75) is 19.4 Å². The maximum atomic E-state index is 5.81. The quantitative estimate of drug-likeness (QED) is 0.898. The summed E-state index contributed by atoms with van der Waals surface area (Å²) in [5.74, 6) is 0. The molecule has 1 unspecified atom stereocenters. The fourth-order valence-corrected chi connectivity index (χ4v) is 2.51. The Morgan fingerprint density at radius 3 is 2.89 bits per heavy atom. The summed E-state index contributed by atoms with van der Waals surface area (Å²) in [4.78, 5) is 11.0. The van der Waals surface area contributed by atoms with Crippen LogP contribution in [0, 0.1) is 0 Å². The smallest absolute Gasteiger partial charge is 0.185 e. The zero-order valence-electron chi connectivity index (χ0n) is 10.7. The molecule has 0 aliphatic carbocycles. The average Bonchev–Trinajstić information content (AvgIpc) is 2.87. The predicted molar refractivity (Wildman–Crippen MR) is 75.9 cm³/mol. The summed E-state index contributed by atoms with van der Waals surface area (Å²) in [5.41, 5.74) is 7.87. The maximum absolute atomic E-state index is 5.81. The van der Waals surface area contributed by atoms with E-state index < -0.39 is 0 Å². The number of likely N-dealkylation sites (N-methyl/N-ethyl adjacent to an activating group) is 1. The molecule has 0 aliphatic rings. The van der Waals surface area contributed by atoms with E-state index in [4.69, 9.17) is 5.73 Å². The summed E-state index contributed by atoms with van der Waals surface area (Å²) in [7, 11) is 2.05. The van der Waals surface area contributed by atoms with Crippen molar-refractivity contribution in [3.8, 4) is 0 Å². The van der Waals surface area contributed by atoms with Crippen molar-refractivity contribution in [2.24, 2.45) is 5.73 Å². The van der Waals surface area contributed by atoms with Gasteiger partial charge in [0.25, 0.3) is 0 Å². The lowest BCUT2D eigenvalue weighted by molar-refractivity contribution is 0.780. The van der Waals surface area contributed by atoms with Crippen molar-refractivity contribution in [3.05, 3.63) is 41.2 Å². The molecule has 4 nitrogen and oxygen atoms in total. The van der Waals surface area contributed by atoms with Crippen molar-refractivity contribution in [1.29, 1.82) is 0 Å². The Labute approximate surface area is 111 Å². The van der Waals surface area contributed by atoms with Crippen LogP contribution in [-0.2, 0) is 6.42 Å². The van der Waals surface area contributed by atoms with Gasteiger partial charge in [-0.15, -0.1) is 11.3 Å². The number of rotatable bonds is 5. The summed E-state index contributed by atoms with van der Waals surface area (Å²) in [6.45, 7) is 2.86. The molecule has 96 valence electrons. The van der Waals surface area contributed by atoms with Crippen molar-refractivity contribution in [2.75, 3.05) is 18.5 Å². The minimum atomic E-state index is -0.000750. The topological polar surface area (TPSA) is 55.0 Å². The highest BCUT2D eigenvalue weighted by molar-refractivity contribution is 7.13. The van der Waals surface area contributed by atoms with Crippen LogP contribution in [0.2, 0.25) is 0 Å². The molecule has 2 rings (SSSR count). The van der Waals surface area contributed by atoms with Gasteiger partial charge in [0.1, 0.15) is 0 Å². The van der Waals surface area contributed by atoms with E-state index in [2.05, 4.69) is 14.9 Å². The van der Waals surface area contributed by atoms with Gasteiger partial charge in [-0.2, -0.15) is 0 Å². The Kier molecular flexibility index (Phi) is 4.28. The number of anilines is 1.